The number of sulfonamides is 1. The Hall–Kier alpha value is -1.51. The predicted molar refractivity (Wildman–Crippen MR) is 98.0 cm³/mol. The van der Waals surface area contributed by atoms with Gasteiger partial charge in [-0.25, -0.2) is 8.42 Å². The molecule has 3 rings (SSSR count). The normalized spacial score (nSPS) is 16.5. The molecule has 0 bridgehead atoms. The van der Waals surface area contributed by atoms with Crippen LogP contribution in [-0.4, -0.2) is 24.7 Å². The molecule has 0 spiro atoms. The van der Waals surface area contributed by atoms with Crippen LogP contribution < -0.4 is 10.5 Å². The summed E-state index contributed by atoms with van der Waals surface area (Å²) in [5.41, 5.74) is 8.06. The summed E-state index contributed by atoms with van der Waals surface area (Å²) >= 11 is 1.26. The first-order valence-corrected chi connectivity index (χ1v) is 10.4. The number of nitrogens with two attached hydrogens (primary N) is 1. The van der Waals surface area contributed by atoms with Gasteiger partial charge in [-0.3, -0.25) is 4.72 Å². The van der Waals surface area contributed by atoms with E-state index in [-0.39, 0.29) is 16.9 Å². The molecule has 0 aliphatic heterocycles. The van der Waals surface area contributed by atoms with Gasteiger partial charge in [0, 0.05) is 12.0 Å². The maximum atomic E-state index is 12.5. The van der Waals surface area contributed by atoms with Crippen molar-refractivity contribution in [3.8, 4) is 0 Å². The van der Waals surface area contributed by atoms with Gasteiger partial charge in [-0.15, -0.1) is 10.2 Å². The van der Waals surface area contributed by atoms with Gasteiger partial charge < -0.3 is 5.73 Å². The van der Waals surface area contributed by atoms with Crippen LogP contribution in [0.25, 0.3) is 0 Å². The average molecular weight is 369 g/mol. The molecular formula is C16H24N4O2S2. The van der Waals surface area contributed by atoms with Gasteiger partial charge in [-0.05, 0) is 36.1 Å². The molecule has 0 saturated carbocycles. The van der Waals surface area contributed by atoms with E-state index in [4.69, 9.17) is 5.73 Å². The molecule has 1 heterocycles. The number of aromatic nitrogens is 2. The second kappa shape index (κ2) is 7.58. The van der Waals surface area contributed by atoms with Crippen LogP contribution >= 0.6 is 11.3 Å². The van der Waals surface area contributed by atoms with Crippen LogP contribution in [0.4, 0.5) is 5.13 Å². The van der Waals surface area contributed by atoms with E-state index in [1.54, 1.807) is 12.1 Å². The van der Waals surface area contributed by atoms with Crippen molar-refractivity contribution in [3.05, 3.63) is 34.3 Å². The Labute approximate surface area is 147 Å². The van der Waals surface area contributed by atoms with E-state index in [1.807, 2.05) is 33.8 Å². The Morgan fingerprint density at radius 1 is 1.21 bits per heavy atom. The summed E-state index contributed by atoms with van der Waals surface area (Å²) in [6.07, 6.45) is 1.52. The molecule has 1 atom stereocenters. The number of fused-ring (bicyclic) bond motifs is 1. The summed E-state index contributed by atoms with van der Waals surface area (Å²) in [4.78, 5) is 0.238. The first-order valence-electron chi connectivity index (χ1n) is 8.09. The van der Waals surface area contributed by atoms with Crippen LogP contribution in [0.3, 0.4) is 0 Å². The highest BCUT2D eigenvalue weighted by molar-refractivity contribution is 7.93. The fourth-order valence-corrected chi connectivity index (χ4v) is 4.50. The Balaban J connectivity index is 0.00000100. The summed E-state index contributed by atoms with van der Waals surface area (Å²) < 4.78 is 27.4. The molecule has 3 N–H and O–H groups in total. The minimum atomic E-state index is -3.65. The molecule has 132 valence electrons. The van der Waals surface area contributed by atoms with Crippen LogP contribution in [0.1, 0.15) is 49.7 Å². The first kappa shape index (κ1) is 18.8. The zero-order valence-corrected chi connectivity index (χ0v) is 16.0. The number of hydrogen-bond acceptors (Lipinski definition) is 6. The maximum Gasteiger partial charge on any atom is 0.263 e. The van der Waals surface area contributed by atoms with Crippen molar-refractivity contribution in [2.75, 3.05) is 4.72 Å². The number of nitrogens with zero attached hydrogens (tertiary/aromatic N) is 2. The van der Waals surface area contributed by atoms with E-state index < -0.39 is 10.0 Å². The summed E-state index contributed by atoms with van der Waals surface area (Å²) in [5.74, 6) is 0.220. The molecule has 1 aliphatic carbocycles. The third-order valence-corrected chi connectivity index (χ3v) is 6.21. The molecule has 0 saturated heterocycles. The quantitative estimate of drug-likeness (QED) is 0.864. The van der Waals surface area contributed by atoms with Gasteiger partial charge in [0.25, 0.3) is 10.0 Å². The van der Waals surface area contributed by atoms with Crippen molar-refractivity contribution in [1.29, 1.82) is 0 Å². The highest BCUT2D eigenvalue weighted by Crippen LogP contribution is 2.27. The van der Waals surface area contributed by atoms with Crippen molar-refractivity contribution in [3.63, 3.8) is 0 Å². The van der Waals surface area contributed by atoms with Crippen LogP contribution in [0, 0.1) is 0 Å². The minimum Gasteiger partial charge on any atom is -0.327 e. The largest absolute Gasteiger partial charge is 0.327 e. The smallest absolute Gasteiger partial charge is 0.263 e. The molecular weight excluding hydrogens is 344 g/mol. The highest BCUT2D eigenvalue weighted by atomic mass is 32.2. The lowest BCUT2D eigenvalue weighted by atomic mass is 10.1. The Bertz CT molecular complexity index is 800. The Morgan fingerprint density at radius 2 is 1.88 bits per heavy atom. The molecule has 1 aromatic heterocycles. The first-order chi connectivity index (χ1) is 11.3. The van der Waals surface area contributed by atoms with Crippen molar-refractivity contribution in [2.45, 2.75) is 57.4 Å². The standard InChI is InChI=1S/C14H18N4O2S2.C2H6/c1-8(2)13-16-17-14(21-13)18-22(19,20)12-4-3-9-5-11(15)6-10(9)7-12;1-2/h3-4,7-8,11H,5-6,15H2,1-2H3,(H,17,18);1-2H3. The molecule has 0 radical (unpaired) electrons. The van der Waals surface area contributed by atoms with Crippen molar-refractivity contribution >= 4 is 26.5 Å². The molecule has 24 heavy (non-hydrogen) atoms. The summed E-state index contributed by atoms with van der Waals surface area (Å²) in [7, 11) is -3.65. The van der Waals surface area contributed by atoms with Gasteiger partial charge in [0.1, 0.15) is 5.01 Å². The second-order valence-corrected chi connectivity index (χ2v) is 8.50. The lowest BCUT2D eigenvalue weighted by Crippen LogP contribution is -2.19. The van der Waals surface area contributed by atoms with Crippen LogP contribution in [0.5, 0.6) is 0 Å². The van der Waals surface area contributed by atoms with Crippen LogP contribution in [-0.2, 0) is 22.9 Å². The molecule has 0 fully saturated rings. The SMILES string of the molecule is CC.CC(C)c1nnc(NS(=O)(=O)c2ccc3c(c2)CC(N)C3)s1. The number of rotatable bonds is 4. The van der Waals surface area contributed by atoms with Crippen LogP contribution in [0.15, 0.2) is 23.1 Å². The zero-order chi connectivity index (χ0) is 17.9. The number of benzene rings is 1. The highest BCUT2D eigenvalue weighted by Gasteiger charge is 2.23. The summed E-state index contributed by atoms with van der Waals surface area (Å²) in [6, 6.07) is 5.24. The van der Waals surface area contributed by atoms with Gasteiger partial charge in [0.05, 0.1) is 4.90 Å². The Kier molecular flexibility index (Phi) is 5.95. The lowest BCUT2D eigenvalue weighted by Gasteiger charge is -2.07. The van der Waals surface area contributed by atoms with E-state index in [1.165, 1.54) is 11.3 Å². The summed E-state index contributed by atoms with van der Waals surface area (Å²) in [6.45, 7) is 7.98. The van der Waals surface area contributed by atoms with Gasteiger partial charge in [0.15, 0.2) is 0 Å². The average Bonchev–Trinajstić information content (AvgIpc) is 3.13. The molecule has 1 aromatic carbocycles. The van der Waals surface area contributed by atoms with Gasteiger partial charge in [-0.1, -0.05) is 45.1 Å². The topological polar surface area (TPSA) is 98.0 Å². The molecule has 6 nitrogen and oxygen atoms in total. The molecule has 1 aliphatic rings. The minimum absolute atomic E-state index is 0.0812. The predicted octanol–water partition coefficient (Wildman–Crippen LogP) is 2.91. The fourth-order valence-electron chi connectivity index (χ4n) is 2.48. The lowest BCUT2D eigenvalue weighted by molar-refractivity contribution is 0.601. The van der Waals surface area contributed by atoms with Crippen molar-refractivity contribution in [2.24, 2.45) is 5.73 Å². The fraction of sp³-hybridized carbons (Fsp3) is 0.500. The van der Waals surface area contributed by atoms with Crippen molar-refractivity contribution < 1.29 is 8.42 Å². The van der Waals surface area contributed by atoms with E-state index >= 15 is 0 Å². The van der Waals surface area contributed by atoms with E-state index in [0.29, 0.717) is 5.13 Å². The van der Waals surface area contributed by atoms with Crippen molar-refractivity contribution in [1.82, 2.24) is 10.2 Å². The maximum absolute atomic E-state index is 12.5. The third-order valence-electron chi connectivity index (χ3n) is 3.61. The monoisotopic (exact) mass is 368 g/mol. The van der Waals surface area contributed by atoms with E-state index in [9.17, 15) is 8.42 Å². The number of hydrogen-bond donors (Lipinski definition) is 2. The Morgan fingerprint density at radius 3 is 2.50 bits per heavy atom. The van der Waals surface area contributed by atoms with Crippen LogP contribution in [0.2, 0.25) is 0 Å². The van der Waals surface area contributed by atoms with E-state index in [2.05, 4.69) is 14.9 Å². The second-order valence-electron chi connectivity index (χ2n) is 5.80. The van der Waals surface area contributed by atoms with Gasteiger partial charge in [0.2, 0.25) is 5.13 Å². The van der Waals surface area contributed by atoms with E-state index in [0.717, 1.165) is 29.0 Å². The molecule has 8 heteroatoms. The number of anilines is 1. The molecule has 1 unspecified atom stereocenters. The zero-order valence-electron chi connectivity index (χ0n) is 14.4. The molecule has 2 aromatic rings. The third kappa shape index (κ3) is 4.12. The molecule has 0 amide bonds. The number of nitrogens with one attached hydrogen (secondary N) is 1. The van der Waals surface area contributed by atoms with Gasteiger partial charge in [-0.2, -0.15) is 0 Å². The summed E-state index contributed by atoms with van der Waals surface area (Å²) in [5, 5.41) is 8.97. The van der Waals surface area contributed by atoms with Gasteiger partial charge >= 0.3 is 0 Å².